The average Bonchev–Trinajstić information content (AvgIpc) is 2.97. The molecule has 1 amide bonds. The van der Waals surface area contributed by atoms with Gasteiger partial charge in [0.25, 0.3) is 0 Å². The SMILES string of the molecule is C=C.C=C.CC.CO.COc1cc(CNCCc2ccccc2F)ccc1Oc1ccc(C(N)=O)cn1. The summed E-state index contributed by atoms with van der Waals surface area (Å²) in [6.45, 7) is 17.3. The van der Waals surface area contributed by atoms with Crippen molar-refractivity contribution in [1.82, 2.24) is 10.3 Å². The molecule has 3 rings (SSSR count). The lowest BCUT2D eigenvalue weighted by molar-refractivity contribution is 0.1000. The number of nitrogens with two attached hydrogens (primary N) is 1. The minimum absolute atomic E-state index is 0.185. The molecule has 0 saturated carbocycles. The third-order valence-electron chi connectivity index (χ3n) is 4.32. The Hall–Kier alpha value is -4.01. The van der Waals surface area contributed by atoms with Gasteiger partial charge in [-0.3, -0.25) is 4.79 Å². The normalized spacial score (nSPS) is 8.81. The summed E-state index contributed by atoms with van der Waals surface area (Å²) in [5, 5.41) is 10.3. The monoisotopic (exact) mass is 513 g/mol. The largest absolute Gasteiger partial charge is 0.493 e. The molecule has 0 unspecified atom stereocenters. The number of benzene rings is 2. The Morgan fingerprint density at radius 2 is 1.68 bits per heavy atom. The van der Waals surface area contributed by atoms with E-state index in [2.05, 4.69) is 36.6 Å². The fourth-order valence-corrected chi connectivity index (χ4v) is 2.76. The van der Waals surface area contributed by atoms with E-state index < -0.39 is 5.91 Å². The number of pyridine rings is 1. The number of ether oxygens (including phenoxy) is 2. The van der Waals surface area contributed by atoms with E-state index in [1.807, 2.05) is 32.0 Å². The fourth-order valence-electron chi connectivity index (χ4n) is 2.76. The van der Waals surface area contributed by atoms with Crippen molar-refractivity contribution in [2.24, 2.45) is 5.73 Å². The van der Waals surface area contributed by atoms with Crippen LogP contribution in [0.4, 0.5) is 4.39 Å². The molecule has 4 N–H and O–H groups in total. The molecule has 8 heteroatoms. The smallest absolute Gasteiger partial charge is 0.250 e. The Balaban J connectivity index is 0. The number of aliphatic hydroxyl groups excluding tert-OH is 1. The van der Waals surface area contributed by atoms with Crippen LogP contribution in [0, 0.1) is 5.82 Å². The maximum absolute atomic E-state index is 13.6. The van der Waals surface area contributed by atoms with E-state index in [0.29, 0.717) is 48.0 Å². The van der Waals surface area contributed by atoms with Crippen molar-refractivity contribution in [2.75, 3.05) is 20.8 Å². The highest BCUT2D eigenvalue weighted by atomic mass is 19.1. The Morgan fingerprint density at radius 1 is 1.03 bits per heavy atom. The molecular formula is C29H40FN3O4. The summed E-state index contributed by atoms with van der Waals surface area (Å²) in [5.41, 5.74) is 7.20. The molecule has 0 aliphatic heterocycles. The first kappa shape index (κ1) is 35.2. The predicted molar refractivity (Wildman–Crippen MR) is 150 cm³/mol. The van der Waals surface area contributed by atoms with Crippen molar-refractivity contribution in [3.8, 4) is 17.4 Å². The van der Waals surface area contributed by atoms with Gasteiger partial charge in [-0.2, -0.15) is 0 Å². The fraction of sp³-hybridized carbons (Fsp3) is 0.241. The standard InChI is InChI=1S/C22H22FN3O3.C2H6.2C2H4.CH4O/c1-28-20-12-15(13-25-11-10-16-4-2-3-5-18(16)23)6-8-19(20)29-21-9-7-17(14-26-21)22(24)27;4*1-2/h2-9,12,14,25H,10-11,13H2,1H3,(H2,24,27);1-2H3;2*1-2H2;2H,1H3. The minimum Gasteiger partial charge on any atom is -0.493 e. The van der Waals surface area contributed by atoms with Crippen LogP contribution in [-0.2, 0) is 13.0 Å². The number of halogens is 1. The van der Waals surface area contributed by atoms with Crippen LogP contribution < -0.4 is 20.5 Å². The van der Waals surface area contributed by atoms with E-state index in [9.17, 15) is 9.18 Å². The summed E-state index contributed by atoms with van der Waals surface area (Å²) < 4.78 is 24.8. The summed E-state index contributed by atoms with van der Waals surface area (Å²) in [6.07, 6.45) is 1.97. The molecule has 3 aromatic rings. The number of nitrogens with zero attached hydrogens (tertiary/aromatic N) is 1. The number of primary amides is 1. The molecule has 0 bridgehead atoms. The third-order valence-corrected chi connectivity index (χ3v) is 4.32. The van der Waals surface area contributed by atoms with Crippen LogP contribution in [0.5, 0.6) is 17.4 Å². The number of carbonyl (C=O) groups excluding carboxylic acids is 1. The first-order valence-electron chi connectivity index (χ1n) is 11.6. The van der Waals surface area contributed by atoms with E-state index in [1.165, 1.54) is 12.3 Å². The van der Waals surface area contributed by atoms with E-state index in [0.717, 1.165) is 12.7 Å². The Morgan fingerprint density at radius 3 is 2.22 bits per heavy atom. The van der Waals surface area contributed by atoms with Crippen LogP contribution in [-0.4, -0.2) is 36.8 Å². The molecule has 202 valence electrons. The lowest BCUT2D eigenvalue weighted by Gasteiger charge is -2.12. The molecule has 0 saturated heterocycles. The molecule has 7 nitrogen and oxygen atoms in total. The van der Waals surface area contributed by atoms with Gasteiger partial charge in [0.1, 0.15) is 5.82 Å². The van der Waals surface area contributed by atoms with Crippen molar-refractivity contribution in [1.29, 1.82) is 0 Å². The number of nitrogens with one attached hydrogen (secondary N) is 1. The maximum atomic E-state index is 13.6. The summed E-state index contributed by atoms with van der Waals surface area (Å²) in [6, 6.07) is 15.4. The van der Waals surface area contributed by atoms with Gasteiger partial charge in [0.2, 0.25) is 11.8 Å². The van der Waals surface area contributed by atoms with Crippen LogP contribution >= 0.6 is 0 Å². The quantitative estimate of drug-likeness (QED) is 0.251. The van der Waals surface area contributed by atoms with E-state index in [4.69, 9.17) is 20.3 Å². The summed E-state index contributed by atoms with van der Waals surface area (Å²) in [4.78, 5) is 15.2. The zero-order chi connectivity index (χ0) is 28.6. The van der Waals surface area contributed by atoms with E-state index >= 15 is 0 Å². The van der Waals surface area contributed by atoms with Crippen LogP contribution in [0.1, 0.15) is 35.3 Å². The van der Waals surface area contributed by atoms with Crippen molar-refractivity contribution in [2.45, 2.75) is 26.8 Å². The van der Waals surface area contributed by atoms with Crippen molar-refractivity contribution in [3.63, 3.8) is 0 Å². The van der Waals surface area contributed by atoms with Gasteiger partial charge in [-0.25, -0.2) is 9.37 Å². The number of amides is 1. The number of hydrogen-bond acceptors (Lipinski definition) is 6. The van der Waals surface area contributed by atoms with Gasteiger partial charge >= 0.3 is 0 Å². The molecule has 0 aliphatic rings. The third kappa shape index (κ3) is 13.0. The van der Waals surface area contributed by atoms with Gasteiger partial charge in [0, 0.05) is 25.9 Å². The van der Waals surface area contributed by atoms with Gasteiger partial charge in [-0.1, -0.05) is 38.1 Å². The van der Waals surface area contributed by atoms with E-state index in [1.54, 1.807) is 37.4 Å². The van der Waals surface area contributed by atoms with Gasteiger partial charge < -0.3 is 25.6 Å². The Kier molecular flexibility index (Phi) is 21.3. The van der Waals surface area contributed by atoms with Crippen molar-refractivity contribution in [3.05, 3.63) is 110 Å². The number of aromatic nitrogens is 1. The minimum atomic E-state index is -0.548. The molecule has 0 spiro atoms. The van der Waals surface area contributed by atoms with Crippen LogP contribution in [0.25, 0.3) is 0 Å². The lowest BCUT2D eigenvalue weighted by atomic mass is 10.1. The van der Waals surface area contributed by atoms with Gasteiger partial charge in [-0.05, 0) is 48.4 Å². The van der Waals surface area contributed by atoms with Crippen molar-refractivity contribution < 1.29 is 23.8 Å². The van der Waals surface area contributed by atoms with Gasteiger partial charge in [0.15, 0.2) is 11.5 Å². The first-order chi connectivity index (χ1) is 18.1. The lowest BCUT2D eigenvalue weighted by Crippen LogP contribution is -2.17. The molecule has 0 atom stereocenters. The maximum Gasteiger partial charge on any atom is 0.250 e. The Labute approximate surface area is 220 Å². The molecular weight excluding hydrogens is 473 g/mol. The predicted octanol–water partition coefficient (Wildman–Crippen LogP) is 5.69. The number of carbonyl (C=O) groups is 1. The molecule has 2 aromatic carbocycles. The summed E-state index contributed by atoms with van der Waals surface area (Å²) in [7, 11) is 2.56. The van der Waals surface area contributed by atoms with Gasteiger partial charge in [-0.15, -0.1) is 26.3 Å². The molecule has 0 aliphatic carbocycles. The second-order valence-electron chi connectivity index (χ2n) is 6.35. The molecule has 1 heterocycles. The van der Waals surface area contributed by atoms with E-state index in [-0.39, 0.29) is 5.82 Å². The summed E-state index contributed by atoms with van der Waals surface area (Å²) in [5.74, 6) is 0.647. The van der Waals surface area contributed by atoms with Crippen LogP contribution in [0.2, 0.25) is 0 Å². The number of methoxy groups -OCH3 is 1. The van der Waals surface area contributed by atoms with Crippen molar-refractivity contribution >= 4 is 5.91 Å². The topological polar surface area (TPSA) is 107 Å². The molecule has 1 aromatic heterocycles. The zero-order valence-corrected chi connectivity index (χ0v) is 22.3. The number of hydrogen-bond donors (Lipinski definition) is 3. The average molecular weight is 514 g/mol. The first-order valence-corrected chi connectivity index (χ1v) is 11.6. The van der Waals surface area contributed by atoms with Crippen LogP contribution in [0.3, 0.4) is 0 Å². The highest BCUT2D eigenvalue weighted by molar-refractivity contribution is 5.92. The summed E-state index contributed by atoms with van der Waals surface area (Å²) >= 11 is 0. The molecule has 0 fully saturated rings. The Bertz CT molecular complexity index is 1010. The second kappa shape index (κ2) is 22.5. The van der Waals surface area contributed by atoms with Gasteiger partial charge in [0.05, 0.1) is 12.7 Å². The highest BCUT2D eigenvalue weighted by Crippen LogP contribution is 2.31. The molecule has 37 heavy (non-hydrogen) atoms. The zero-order valence-electron chi connectivity index (χ0n) is 22.3. The molecule has 0 radical (unpaired) electrons. The number of rotatable bonds is 9. The van der Waals surface area contributed by atoms with Crippen LogP contribution in [0.15, 0.2) is 87.1 Å². The second-order valence-corrected chi connectivity index (χ2v) is 6.35. The highest BCUT2D eigenvalue weighted by Gasteiger charge is 2.09. The number of aliphatic hydroxyl groups is 1.